The van der Waals surface area contributed by atoms with Crippen molar-refractivity contribution in [3.63, 3.8) is 0 Å². The number of rotatable bonds is 1. The number of carboxylic acid groups (broad SMARTS) is 1. The number of hydrogen-bond acceptors (Lipinski definition) is 4. The molecule has 0 aliphatic rings. The summed E-state index contributed by atoms with van der Waals surface area (Å²) in [5.74, 6) is -0.586. The summed E-state index contributed by atoms with van der Waals surface area (Å²) in [6, 6.07) is 3.31. The summed E-state index contributed by atoms with van der Waals surface area (Å²) in [4.78, 5) is 18.7. The minimum Gasteiger partial charge on any atom is -0.478 e. The van der Waals surface area contributed by atoms with Crippen molar-refractivity contribution in [3.8, 4) is 0 Å². The number of aromatic nitrogens is 2. The first-order valence-corrected chi connectivity index (χ1v) is 4.34. The van der Waals surface area contributed by atoms with Crippen molar-refractivity contribution < 1.29 is 9.90 Å². The lowest BCUT2D eigenvalue weighted by Gasteiger charge is -2.02. The number of hydrogen-bond donors (Lipinski definition) is 2. The highest BCUT2D eigenvalue weighted by Crippen LogP contribution is 2.16. The Morgan fingerprint density at radius 3 is 2.75 bits per heavy atom. The fourth-order valence-corrected chi connectivity index (χ4v) is 1.30. The average Bonchev–Trinajstić information content (AvgIpc) is 2.19. The number of nitrogen functional groups attached to an aromatic ring is 1. The van der Waals surface area contributed by atoms with Gasteiger partial charge in [-0.1, -0.05) is 0 Å². The van der Waals surface area contributed by atoms with Crippen molar-refractivity contribution in [1.29, 1.82) is 0 Å². The summed E-state index contributed by atoms with van der Waals surface area (Å²) in [5.41, 5.74) is 7.04. The smallest absolute Gasteiger partial charge is 0.337 e. The number of anilines is 1. The van der Waals surface area contributed by atoms with Crippen LogP contribution in [0.25, 0.3) is 11.0 Å². The molecule has 5 nitrogen and oxygen atoms in total. The number of nitrogens with zero attached hydrogens (tertiary/aromatic N) is 2. The van der Waals surface area contributed by atoms with Gasteiger partial charge in [-0.05, 0) is 24.6 Å². The molecule has 0 bridgehead atoms. The standard InChI is InChI=1S/C10H9N3O2.ClH/c1-5-2-6-3-7(10(14)15)4-12-9(6)13-8(5)11;/h2-4H,1H3,(H,14,15)(H2,11,12,13);1H. The molecular formula is C10H10ClN3O2. The molecule has 2 heterocycles. The van der Waals surface area contributed by atoms with Gasteiger partial charge in [-0.2, -0.15) is 0 Å². The third kappa shape index (κ3) is 2.04. The molecule has 6 heteroatoms. The maximum absolute atomic E-state index is 10.7. The maximum atomic E-state index is 10.7. The van der Waals surface area contributed by atoms with Gasteiger partial charge in [0.2, 0.25) is 0 Å². The fourth-order valence-electron chi connectivity index (χ4n) is 1.30. The lowest BCUT2D eigenvalue weighted by molar-refractivity contribution is 0.0696. The zero-order valence-electron chi connectivity index (χ0n) is 8.47. The first-order chi connectivity index (χ1) is 7.08. The van der Waals surface area contributed by atoms with E-state index in [0.29, 0.717) is 16.9 Å². The molecule has 2 aromatic heterocycles. The second-order valence-corrected chi connectivity index (χ2v) is 3.27. The summed E-state index contributed by atoms with van der Waals surface area (Å²) in [5, 5.41) is 9.47. The molecule has 0 amide bonds. The van der Waals surface area contributed by atoms with Crippen LogP contribution in [0, 0.1) is 6.92 Å². The van der Waals surface area contributed by atoms with Crippen LogP contribution in [0.2, 0.25) is 0 Å². The molecule has 16 heavy (non-hydrogen) atoms. The molecule has 0 aliphatic heterocycles. The highest BCUT2D eigenvalue weighted by molar-refractivity contribution is 5.92. The number of halogens is 1. The Morgan fingerprint density at radius 1 is 1.44 bits per heavy atom. The van der Waals surface area contributed by atoms with Gasteiger partial charge in [0.1, 0.15) is 5.82 Å². The molecule has 0 saturated heterocycles. The van der Waals surface area contributed by atoms with Crippen molar-refractivity contribution in [2.75, 3.05) is 5.73 Å². The first-order valence-electron chi connectivity index (χ1n) is 4.34. The quantitative estimate of drug-likeness (QED) is 0.790. The Bertz CT molecular complexity index is 557. The monoisotopic (exact) mass is 239 g/mol. The molecule has 2 aromatic rings. The van der Waals surface area contributed by atoms with Crippen LogP contribution in [0.15, 0.2) is 18.3 Å². The largest absolute Gasteiger partial charge is 0.478 e. The molecule has 2 rings (SSSR count). The van der Waals surface area contributed by atoms with Crippen LogP contribution in [0.3, 0.4) is 0 Å². The van der Waals surface area contributed by atoms with E-state index in [1.165, 1.54) is 12.3 Å². The van der Waals surface area contributed by atoms with Gasteiger partial charge in [0.15, 0.2) is 5.65 Å². The van der Waals surface area contributed by atoms with Gasteiger partial charge in [0.25, 0.3) is 0 Å². The molecule has 0 aromatic carbocycles. The molecule has 0 saturated carbocycles. The van der Waals surface area contributed by atoms with E-state index in [0.717, 1.165) is 5.56 Å². The van der Waals surface area contributed by atoms with Crippen LogP contribution in [0.5, 0.6) is 0 Å². The van der Waals surface area contributed by atoms with E-state index in [2.05, 4.69) is 9.97 Å². The lowest BCUT2D eigenvalue weighted by Crippen LogP contribution is -2.00. The molecular weight excluding hydrogens is 230 g/mol. The maximum Gasteiger partial charge on any atom is 0.337 e. The molecule has 0 fully saturated rings. The van der Waals surface area contributed by atoms with Gasteiger partial charge in [-0.25, -0.2) is 14.8 Å². The van der Waals surface area contributed by atoms with Crippen molar-refractivity contribution in [3.05, 3.63) is 29.5 Å². The van der Waals surface area contributed by atoms with E-state index in [4.69, 9.17) is 10.8 Å². The first kappa shape index (κ1) is 12.2. The number of pyridine rings is 2. The Balaban J connectivity index is 0.00000128. The summed E-state index contributed by atoms with van der Waals surface area (Å²) < 4.78 is 0. The number of carbonyl (C=O) groups is 1. The summed E-state index contributed by atoms with van der Waals surface area (Å²) in [6.07, 6.45) is 1.27. The topological polar surface area (TPSA) is 89.1 Å². The highest BCUT2D eigenvalue weighted by Gasteiger charge is 2.06. The minimum absolute atomic E-state index is 0. The van der Waals surface area contributed by atoms with Gasteiger partial charge < -0.3 is 10.8 Å². The SMILES string of the molecule is Cc1cc2cc(C(=O)O)cnc2nc1N.Cl. The van der Waals surface area contributed by atoms with Gasteiger partial charge in [0, 0.05) is 11.6 Å². The number of fused-ring (bicyclic) bond motifs is 1. The summed E-state index contributed by atoms with van der Waals surface area (Å²) >= 11 is 0. The predicted molar refractivity (Wildman–Crippen MR) is 62.9 cm³/mol. The summed E-state index contributed by atoms with van der Waals surface area (Å²) in [6.45, 7) is 1.81. The van der Waals surface area contributed by atoms with Crippen LogP contribution >= 0.6 is 12.4 Å². The van der Waals surface area contributed by atoms with Crippen LogP contribution in [0.4, 0.5) is 5.82 Å². The van der Waals surface area contributed by atoms with Crippen LogP contribution in [0.1, 0.15) is 15.9 Å². The Labute approximate surface area is 97.7 Å². The fraction of sp³-hybridized carbons (Fsp3) is 0.100. The normalized spacial score (nSPS) is 9.81. The number of carboxylic acids is 1. The van der Waals surface area contributed by atoms with E-state index in [-0.39, 0.29) is 18.0 Å². The number of aryl methyl sites for hydroxylation is 1. The number of aromatic carboxylic acids is 1. The molecule has 84 valence electrons. The third-order valence-electron chi connectivity index (χ3n) is 2.14. The van der Waals surface area contributed by atoms with Crippen molar-refractivity contribution in [1.82, 2.24) is 9.97 Å². The van der Waals surface area contributed by atoms with Crippen LogP contribution < -0.4 is 5.73 Å². The van der Waals surface area contributed by atoms with E-state index in [1.807, 2.05) is 6.92 Å². The van der Waals surface area contributed by atoms with Gasteiger partial charge >= 0.3 is 5.97 Å². The molecule has 0 atom stereocenters. The van der Waals surface area contributed by atoms with E-state index in [9.17, 15) is 4.79 Å². The Kier molecular flexibility index (Phi) is 3.29. The third-order valence-corrected chi connectivity index (χ3v) is 2.14. The second kappa shape index (κ2) is 4.32. The molecule has 0 radical (unpaired) electrons. The van der Waals surface area contributed by atoms with Crippen LogP contribution in [-0.2, 0) is 0 Å². The molecule has 0 spiro atoms. The molecule has 0 unspecified atom stereocenters. The predicted octanol–water partition coefficient (Wildman–Crippen LogP) is 1.64. The van der Waals surface area contributed by atoms with Crippen molar-refractivity contribution >= 4 is 35.2 Å². The van der Waals surface area contributed by atoms with Gasteiger partial charge in [0.05, 0.1) is 5.56 Å². The average molecular weight is 240 g/mol. The van der Waals surface area contributed by atoms with E-state index in [1.54, 1.807) is 6.07 Å². The zero-order valence-corrected chi connectivity index (χ0v) is 9.28. The Hall–Kier alpha value is -1.88. The summed E-state index contributed by atoms with van der Waals surface area (Å²) in [7, 11) is 0. The van der Waals surface area contributed by atoms with Gasteiger partial charge in [-0.3, -0.25) is 0 Å². The van der Waals surface area contributed by atoms with Gasteiger partial charge in [-0.15, -0.1) is 12.4 Å². The minimum atomic E-state index is -1.00. The second-order valence-electron chi connectivity index (χ2n) is 3.27. The van der Waals surface area contributed by atoms with E-state index < -0.39 is 5.97 Å². The molecule has 0 aliphatic carbocycles. The molecule has 3 N–H and O–H groups in total. The Morgan fingerprint density at radius 2 is 2.12 bits per heavy atom. The van der Waals surface area contributed by atoms with Crippen molar-refractivity contribution in [2.45, 2.75) is 6.92 Å². The lowest BCUT2D eigenvalue weighted by atomic mass is 10.2. The van der Waals surface area contributed by atoms with Crippen LogP contribution in [-0.4, -0.2) is 21.0 Å². The zero-order chi connectivity index (χ0) is 11.0. The number of nitrogens with two attached hydrogens (primary N) is 1. The van der Waals surface area contributed by atoms with Crippen molar-refractivity contribution in [2.24, 2.45) is 0 Å². The highest BCUT2D eigenvalue weighted by atomic mass is 35.5. The van der Waals surface area contributed by atoms with E-state index >= 15 is 0 Å².